The van der Waals surface area contributed by atoms with Crippen molar-refractivity contribution in [2.24, 2.45) is 0 Å². The Kier molecular flexibility index (Phi) is 3.72. The summed E-state index contributed by atoms with van der Waals surface area (Å²) in [4.78, 5) is 0. The van der Waals surface area contributed by atoms with E-state index in [0.29, 0.717) is 6.42 Å². The molecule has 3 heteroatoms. The van der Waals surface area contributed by atoms with Gasteiger partial charge in [-0.15, -0.1) is 0 Å². The number of nitrogens with one attached hydrogen (secondary N) is 1. The van der Waals surface area contributed by atoms with Gasteiger partial charge < -0.3 is 15.2 Å². The maximum atomic E-state index is 8.88. The number of ether oxygens (including phenoxy) is 1. The van der Waals surface area contributed by atoms with Crippen molar-refractivity contribution in [2.45, 2.75) is 12.5 Å². The van der Waals surface area contributed by atoms with Crippen molar-refractivity contribution in [2.75, 3.05) is 26.3 Å². The Morgan fingerprint density at radius 3 is 3.13 bits per heavy atom. The highest BCUT2D eigenvalue weighted by Gasteiger charge is 2.15. The lowest BCUT2D eigenvalue weighted by Gasteiger charge is -2.24. The molecule has 3 nitrogen and oxygen atoms in total. The third-order valence-corrected chi connectivity index (χ3v) is 2.65. The number of rotatable bonds is 3. The smallest absolute Gasteiger partial charge is 0.0949 e. The van der Waals surface area contributed by atoms with Crippen LogP contribution in [-0.4, -0.2) is 31.4 Å². The molecule has 0 bridgehead atoms. The lowest BCUT2D eigenvalue weighted by molar-refractivity contribution is 0.0276. The summed E-state index contributed by atoms with van der Waals surface area (Å²) in [5.41, 5.74) is 2.37. The Morgan fingerprint density at radius 1 is 1.47 bits per heavy atom. The first-order valence-electron chi connectivity index (χ1n) is 5.42. The molecule has 2 N–H and O–H groups in total. The molecule has 1 aliphatic rings. The molecule has 1 atom stereocenters. The van der Waals surface area contributed by atoms with Crippen LogP contribution in [0.3, 0.4) is 0 Å². The molecule has 1 fully saturated rings. The summed E-state index contributed by atoms with van der Waals surface area (Å²) >= 11 is 0. The zero-order valence-electron chi connectivity index (χ0n) is 8.78. The molecule has 0 aromatic heterocycles. The van der Waals surface area contributed by atoms with Gasteiger partial charge in [0.05, 0.1) is 12.7 Å². The molecule has 1 aromatic carbocycles. The van der Waals surface area contributed by atoms with E-state index in [-0.39, 0.29) is 12.7 Å². The summed E-state index contributed by atoms with van der Waals surface area (Å²) in [5.74, 6) is 0. The molecule has 0 amide bonds. The summed E-state index contributed by atoms with van der Waals surface area (Å²) < 4.78 is 5.67. The van der Waals surface area contributed by atoms with Crippen LogP contribution in [0.15, 0.2) is 24.3 Å². The second kappa shape index (κ2) is 5.26. The van der Waals surface area contributed by atoms with Gasteiger partial charge in [0.1, 0.15) is 0 Å². The van der Waals surface area contributed by atoms with Crippen LogP contribution in [-0.2, 0) is 11.2 Å². The molecule has 15 heavy (non-hydrogen) atoms. The van der Waals surface area contributed by atoms with Gasteiger partial charge in [0.25, 0.3) is 0 Å². The normalized spacial score (nSPS) is 21.5. The minimum atomic E-state index is 0.164. The van der Waals surface area contributed by atoms with Crippen LogP contribution in [0, 0.1) is 0 Å². The first-order chi connectivity index (χ1) is 7.40. The highest BCUT2D eigenvalue weighted by atomic mass is 16.5. The fraction of sp³-hybridized carbons (Fsp3) is 0.500. The fourth-order valence-electron chi connectivity index (χ4n) is 1.86. The lowest BCUT2D eigenvalue weighted by Crippen LogP contribution is -2.33. The molecule has 82 valence electrons. The van der Waals surface area contributed by atoms with E-state index >= 15 is 0 Å². The van der Waals surface area contributed by atoms with E-state index in [4.69, 9.17) is 9.84 Å². The monoisotopic (exact) mass is 207 g/mol. The van der Waals surface area contributed by atoms with Gasteiger partial charge >= 0.3 is 0 Å². The van der Waals surface area contributed by atoms with Crippen molar-refractivity contribution in [3.63, 3.8) is 0 Å². The minimum Gasteiger partial charge on any atom is -0.396 e. The van der Waals surface area contributed by atoms with E-state index < -0.39 is 0 Å². The Labute approximate surface area is 90.1 Å². The quantitative estimate of drug-likeness (QED) is 0.773. The molecular weight excluding hydrogens is 190 g/mol. The molecule has 0 saturated carbocycles. The van der Waals surface area contributed by atoms with E-state index in [0.717, 1.165) is 19.7 Å². The van der Waals surface area contributed by atoms with Crippen LogP contribution in [0.4, 0.5) is 0 Å². The number of hydrogen-bond donors (Lipinski definition) is 2. The predicted molar refractivity (Wildman–Crippen MR) is 58.8 cm³/mol. The van der Waals surface area contributed by atoms with Crippen molar-refractivity contribution in [3.8, 4) is 0 Å². The molecule has 0 aliphatic carbocycles. The minimum absolute atomic E-state index is 0.164. The molecule has 1 saturated heterocycles. The van der Waals surface area contributed by atoms with Gasteiger partial charge in [-0.2, -0.15) is 0 Å². The van der Waals surface area contributed by atoms with Crippen molar-refractivity contribution < 1.29 is 9.84 Å². The van der Waals surface area contributed by atoms with Gasteiger partial charge in [-0.05, 0) is 17.5 Å². The first kappa shape index (κ1) is 10.6. The van der Waals surface area contributed by atoms with Crippen LogP contribution in [0.5, 0.6) is 0 Å². The molecule has 0 radical (unpaired) electrons. The van der Waals surface area contributed by atoms with E-state index in [1.54, 1.807) is 0 Å². The summed E-state index contributed by atoms with van der Waals surface area (Å²) in [5, 5.41) is 12.2. The molecule has 1 heterocycles. The number of aliphatic hydroxyl groups excluding tert-OH is 1. The molecule has 2 rings (SSSR count). The average Bonchev–Trinajstić information content (AvgIpc) is 2.31. The Morgan fingerprint density at radius 2 is 2.40 bits per heavy atom. The van der Waals surface area contributed by atoms with E-state index in [2.05, 4.69) is 17.4 Å². The molecule has 0 spiro atoms. The maximum Gasteiger partial charge on any atom is 0.0949 e. The van der Waals surface area contributed by atoms with E-state index in [1.807, 2.05) is 12.1 Å². The van der Waals surface area contributed by atoms with Gasteiger partial charge in [-0.1, -0.05) is 24.3 Å². The largest absolute Gasteiger partial charge is 0.396 e. The fourth-order valence-corrected chi connectivity index (χ4v) is 1.86. The van der Waals surface area contributed by atoms with E-state index in [1.165, 1.54) is 11.1 Å². The van der Waals surface area contributed by atoms with Crippen LogP contribution in [0.1, 0.15) is 17.2 Å². The van der Waals surface area contributed by atoms with Crippen molar-refractivity contribution in [1.82, 2.24) is 5.32 Å². The average molecular weight is 207 g/mol. The molecular formula is C12H17NO2. The van der Waals surface area contributed by atoms with Gasteiger partial charge in [0, 0.05) is 19.7 Å². The second-order valence-corrected chi connectivity index (χ2v) is 3.78. The maximum absolute atomic E-state index is 8.88. The van der Waals surface area contributed by atoms with Crippen molar-refractivity contribution in [3.05, 3.63) is 35.4 Å². The molecule has 1 aromatic rings. The topological polar surface area (TPSA) is 41.5 Å². The van der Waals surface area contributed by atoms with Gasteiger partial charge in [-0.25, -0.2) is 0 Å². The second-order valence-electron chi connectivity index (χ2n) is 3.78. The van der Waals surface area contributed by atoms with Crippen LogP contribution in [0.2, 0.25) is 0 Å². The highest BCUT2D eigenvalue weighted by Crippen LogP contribution is 2.19. The standard InChI is InChI=1S/C12H17NO2/c14-6-4-10-2-1-3-11(8-10)12-9-13-5-7-15-12/h1-3,8,12-14H,4-7,9H2. The van der Waals surface area contributed by atoms with E-state index in [9.17, 15) is 0 Å². The van der Waals surface area contributed by atoms with Gasteiger partial charge in [0.2, 0.25) is 0 Å². The lowest BCUT2D eigenvalue weighted by atomic mass is 10.0. The number of aliphatic hydroxyl groups is 1. The third kappa shape index (κ3) is 2.78. The Bertz CT molecular complexity index is 308. The van der Waals surface area contributed by atoms with Crippen LogP contribution in [0.25, 0.3) is 0 Å². The third-order valence-electron chi connectivity index (χ3n) is 2.65. The zero-order valence-corrected chi connectivity index (χ0v) is 8.78. The summed E-state index contributed by atoms with van der Waals surface area (Å²) in [6.45, 7) is 2.79. The van der Waals surface area contributed by atoms with Gasteiger partial charge in [0.15, 0.2) is 0 Å². The number of morpholine rings is 1. The first-order valence-corrected chi connectivity index (χ1v) is 5.42. The molecule has 1 unspecified atom stereocenters. The SMILES string of the molecule is OCCc1cccc(C2CNCCO2)c1. The zero-order chi connectivity index (χ0) is 10.5. The van der Waals surface area contributed by atoms with Gasteiger partial charge in [-0.3, -0.25) is 0 Å². The summed E-state index contributed by atoms with van der Waals surface area (Å²) in [6, 6.07) is 8.26. The Hall–Kier alpha value is -0.900. The highest BCUT2D eigenvalue weighted by molar-refractivity contribution is 5.26. The Balaban J connectivity index is 2.09. The number of hydrogen-bond acceptors (Lipinski definition) is 3. The van der Waals surface area contributed by atoms with Crippen molar-refractivity contribution >= 4 is 0 Å². The predicted octanol–water partition coefficient (Wildman–Crippen LogP) is 0.882. The summed E-state index contributed by atoms with van der Waals surface area (Å²) in [7, 11) is 0. The molecule has 1 aliphatic heterocycles. The summed E-state index contributed by atoms with van der Waals surface area (Å²) in [6.07, 6.45) is 0.881. The van der Waals surface area contributed by atoms with Crippen molar-refractivity contribution in [1.29, 1.82) is 0 Å². The van der Waals surface area contributed by atoms with Crippen LogP contribution < -0.4 is 5.32 Å². The van der Waals surface area contributed by atoms with Crippen LogP contribution >= 0.6 is 0 Å². The number of benzene rings is 1.